The summed E-state index contributed by atoms with van der Waals surface area (Å²) in [6, 6.07) is 9.77. The Hall–Kier alpha value is -3.21. The minimum absolute atomic E-state index is 0.0408. The van der Waals surface area contributed by atoms with E-state index >= 15 is 0 Å². The maximum Gasteiger partial charge on any atom is 0.304 e. The van der Waals surface area contributed by atoms with Crippen molar-refractivity contribution in [3.8, 4) is 11.5 Å². The molecule has 8 nitrogen and oxygen atoms in total. The van der Waals surface area contributed by atoms with E-state index in [9.17, 15) is 9.59 Å². The minimum atomic E-state index is -0.406. The highest BCUT2D eigenvalue weighted by Gasteiger charge is 2.28. The predicted octanol–water partition coefficient (Wildman–Crippen LogP) is 8.29. The van der Waals surface area contributed by atoms with Gasteiger partial charge in [-0.15, -0.1) is 11.8 Å². The molecule has 2 heterocycles. The summed E-state index contributed by atoms with van der Waals surface area (Å²) in [4.78, 5) is 29.8. The molecular weight excluding hydrogens is 606 g/mol. The first kappa shape index (κ1) is 31.2. The van der Waals surface area contributed by atoms with Crippen LogP contribution in [0.5, 0.6) is 11.5 Å². The lowest BCUT2D eigenvalue weighted by Gasteiger charge is -2.29. The molecule has 1 saturated carbocycles. The minimum Gasteiger partial charge on any atom is -0.496 e. The number of carbonyl (C=O) groups excluding carboxylic acids is 2. The van der Waals surface area contributed by atoms with Crippen molar-refractivity contribution < 1.29 is 23.8 Å². The Labute approximate surface area is 265 Å². The van der Waals surface area contributed by atoms with Gasteiger partial charge in [0.1, 0.15) is 17.2 Å². The van der Waals surface area contributed by atoms with E-state index < -0.39 is 5.97 Å². The predicted molar refractivity (Wildman–Crippen MR) is 173 cm³/mol. The molecule has 0 radical (unpaired) electrons. The van der Waals surface area contributed by atoms with Gasteiger partial charge in [-0.25, -0.2) is 4.98 Å². The summed E-state index contributed by atoms with van der Waals surface area (Å²) in [5.41, 5.74) is 5.44. The molecule has 1 N–H and O–H groups in total. The van der Waals surface area contributed by atoms with Crippen LogP contribution in [-0.4, -0.2) is 40.9 Å². The van der Waals surface area contributed by atoms with Gasteiger partial charge in [0, 0.05) is 29.2 Å². The zero-order chi connectivity index (χ0) is 30.8. The monoisotopic (exact) mass is 641 g/mol. The molecule has 228 valence electrons. The van der Waals surface area contributed by atoms with E-state index in [4.69, 9.17) is 25.8 Å². The third kappa shape index (κ3) is 6.81. The van der Waals surface area contributed by atoms with E-state index in [1.807, 2.05) is 56.8 Å². The molecule has 0 aliphatic heterocycles. The second-order valence-corrected chi connectivity index (χ2v) is 13.9. The number of nitrogens with one attached hydrogen (secondary N) is 1. The number of methoxy groups -OCH3 is 2. The van der Waals surface area contributed by atoms with Crippen molar-refractivity contribution in [2.45, 2.75) is 75.5 Å². The Kier molecular flexibility index (Phi) is 9.58. The van der Waals surface area contributed by atoms with E-state index in [1.165, 1.54) is 18.3 Å². The number of esters is 1. The average molecular weight is 642 g/mol. The van der Waals surface area contributed by atoms with Crippen molar-refractivity contribution in [1.82, 2.24) is 9.55 Å². The fraction of sp³-hybridized carbons (Fsp3) is 0.406. The summed E-state index contributed by atoms with van der Waals surface area (Å²) < 4.78 is 19.2. The van der Waals surface area contributed by atoms with Gasteiger partial charge in [-0.3, -0.25) is 14.9 Å². The van der Waals surface area contributed by atoms with Gasteiger partial charge in [-0.2, -0.15) is 0 Å². The van der Waals surface area contributed by atoms with Crippen LogP contribution in [0.1, 0.15) is 71.4 Å². The highest BCUT2D eigenvalue weighted by molar-refractivity contribution is 8.01. The molecule has 1 fully saturated rings. The Morgan fingerprint density at radius 3 is 2.44 bits per heavy atom. The number of halogens is 1. The summed E-state index contributed by atoms with van der Waals surface area (Å²) in [7, 11) is 3.30. The Morgan fingerprint density at radius 2 is 1.77 bits per heavy atom. The fourth-order valence-corrected chi connectivity index (χ4v) is 8.64. The third-order valence-electron chi connectivity index (χ3n) is 7.82. The number of carbonyl (C=O) groups is 2. The molecule has 2 aromatic heterocycles. The summed E-state index contributed by atoms with van der Waals surface area (Å²) in [6.07, 6.45) is 4.17. The normalized spacial score (nSPS) is 16.7. The van der Waals surface area contributed by atoms with Gasteiger partial charge in [0.2, 0.25) is 0 Å². The van der Waals surface area contributed by atoms with Gasteiger partial charge in [0.15, 0.2) is 11.9 Å². The van der Waals surface area contributed by atoms with Crippen molar-refractivity contribution >= 4 is 62.6 Å². The quantitative estimate of drug-likeness (QED) is 0.184. The van der Waals surface area contributed by atoms with Crippen molar-refractivity contribution in [2.75, 3.05) is 19.5 Å². The number of ether oxygens (including phenoxy) is 3. The first-order valence-electron chi connectivity index (χ1n) is 14.2. The third-order valence-corrected chi connectivity index (χ3v) is 10.8. The highest BCUT2D eigenvalue weighted by Crippen LogP contribution is 2.46. The first-order chi connectivity index (χ1) is 20.6. The van der Waals surface area contributed by atoms with Crippen molar-refractivity contribution in [3.63, 3.8) is 0 Å². The molecule has 11 heteroatoms. The van der Waals surface area contributed by atoms with Crippen LogP contribution in [-0.2, 0) is 16.3 Å². The van der Waals surface area contributed by atoms with Crippen LogP contribution in [0, 0.1) is 20.8 Å². The SMILES string of the molecule is COc1cc(C2CCC(Sc3sc(NC(=O)c4cc5cc(C)cc(C)c5n4COC(C)=O)nc3C)CC2)c(OC)cc1Cl. The summed E-state index contributed by atoms with van der Waals surface area (Å²) in [6.45, 7) is 7.31. The molecule has 0 saturated heterocycles. The number of fused-ring (bicyclic) bond motifs is 1. The number of amides is 1. The maximum absolute atomic E-state index is 13.5. The number of thioether (sulfide) groups is 1. The van der Waals surface area contributed by atoms with E-state index in [2.05, 4.69) is 16.4 Å². The van der Waals surface area contributed by atoms with Crippen LogP contribution in [0.25, 0.3) is 10.9 Å². The molecule has 0 bridgehead atoms. The van der Waals surface area contributed by atoms with Crippen LogP contribution >= 0.6 is 34.7 Å². The molecule has 43 heavy (non-hydrogen) atoms. The zero-order valence-corrected chi connectivity index (χ0v) is 27.6. The second kappa shape index (κ2) is 13.2. The van der Waals surface area contributed by atoms with Crippen molar-refractivity contribution in [3.05, 3.63) is 63.4 Å². The summed E-state index contributed by atoms with van der Waals surface area (Å²) in [5, 5.41) is 5.47. The molecule has 1 aliphatic rings. The van der Waals surface area contributed by atoms with E-state index in [1.54, 1.807) is 18.8 Å². The molecule has 0 spiro atoms. The van der Waals surface area contributed by atoms with Crippen LogP contribution in [0.2, 0.25) is 5.02 Å². The molecule has 2 aromatic carbocycles. The zero-order valence-electron chi connectivity index (χ0n) is 25.2. The number of anilines is 1. The Bertz CT molecular complexity index is 1670. The smallest absolute Gasteiger partial charge is 0.304 e. The largest absolute Gasteiger partial charge is 0.496 e. The lowest BCUT2D eigenvalue weighted by Crippen LogP contribution is -2.18. The van der Waals surface area contributed by atoms with Gasteiger partial charge in [0.25, 0.3) is 5.91 Å². The lowest BCUT2D eigenvalue weighted by molar-refractivity contribution is -0.144. The fourth-order valence-electron chi connectivity index (χ4n) is 5.85. The van der Waals surface area contributed by atoms with E-state index in [0.29, 0.717) is 32.8 Å². The van der Waals surface area contributed by atoms with Gasteiger partial charge in [-0.1, -0.05) is 34.6 Å². The molecular formula is C32H36ClN3O5S2. The van der Waals surface area contributed by atoms with Gasteiger partial charge >= 0.3 is 5.97 Å². The molecule has 1 aliphatic carbocycles. The summed E-state index contributed by atoms with van der Waals surface area (Å²) >= 11 is 9.66. The molecule has 0 unspecified atom stereocenters. The Morgan fingerprint density at radius 1 is 1.05 bits per heavy atom. The highest BCUT2D eigenvalue weighted by atomic mass is 35.5. The number of aromatic nitrogens is 2. The number of rotatable bonds is 9. The van der Waals surface area contributed by atoms with E-state index in [-0.39, 0.29) is 12.6 Å². The van der Waals surface area contributed by atoms with E-state index in [0.717, 1.165) is 68.9 Å². The lowest BCUT2D eigenvalue weighted by atomic mass is 9.83. The van der Waals surface area contributed by atoms with Crippen molar-refractivity contribution in [1.29, 1.82) is 0 Å². The Balaban J connectivity index is 1.27. The number of hydrogen-bond donors (Lipinski definition) is 1. The number of thiazole rings is 1. The van der Waals surface area contributed by atoms with Gasteiger partial charge < -0.3 is 18.8 Å². The molecule has 0 atom stereocenters. The number of benzene rings is 2. The number of aryl methyl sites for hydroxylation is 3. The van der Waals surface area contributed by atoms with Crippen LogP contribution in [0.3, 0.4) is 0 Å². The number of hydrogen-bond acceptors (Lipinski definition) is 8. The number of nitrogens with zero attached hydrogens (tertiary/aromatic N) is 2. The second-order valence-electron chi connectivity index (χ2n) is 10.9. The average Bonchev–Trinajstić information content (AvgIpc) is 3.51. The van der Waals surface area contributed by atoms with Crippen molar-refractivity contribution in [2.24, 2.45) is 0 Å². The van der Waals surface area contributed by atoms with Crippen LogP contribution in [0.15, 0.2) is 34.5 Å². The maximum atomic E-state index is 13.5. The van der Waals surface area contributed by atoms with Crippen LogP contribution in [0.4, 0.5) is 5.13 Å². The van der Waals surface area contributed by atoms with Gasteiger partial charge in [0.05, 0.1) is 34.7 Å². The molecule has 4 aromatic rings. The standard InChI is InChI=1S/C32H36ClN3O5S2/c1-17-11-18(2)29-22(12-17)13-26(36(29)16-41-20(4)37)30(38)35-32-34-19(3)31(43-32)42-23-9-7-21(8-10-23)24-14-28(40-6)25(33)15-27(24)39-5/h11-15,21,23H,7-10,16H2,1-6H3,(H,34,35,38). The molecule has 1 amide bonds. The first-order valence-corrected chi connectivity index (χ1v) is 16.3. The van der Waals surface area contributed by atoms with Gasteiger partial charge in [-0.05, 0) is 76.1 Å². The summed E-state index contributed by atoms with van der Waals surface area (Å²) in [5.74, 6) is 1.15. The molecule has 5 rings (SSSR count). The van der Waals surface area contributed by atoms with Crippen LogP contribution < -0.4 is 14.8 Å². The topological polar surface area (TPSA) is 91.7 Å².